The lowest BCUT2D eigenvalue weighted by Gasteiger charge is -2.34. The molecule has 0 radical (unpaired) electrons. The van der Waals surface area contributed by atoms with E-state index in [-0.39, 0.29) is 24.8 Å². The number of rotatable bonds is 5. The monoisotopic (exact) mass is 446 g/mol. The molecule has 5 rings (SSSR count). The molecule has 1 aliphatic heterocycles. The fourth-order valence-electron chi connectivity index (χ4n) is 4.04. The summed E-state index contributed by atoms with van der Waals surface area (Å²) in [5.74, 6) is 0. The van der Waals surface area contributed by atoms with E-state index in [1.807, 2.05) is 12.1 Å². The van der Waals surface area contributed by atoms with Gasteiger partial charge in [-0.2, -0.15) is 0 Å². The van der Waals surface area contributed by atoms with Crippen LogP contribution >= 0.6 is 24.8 Å². The van der Waals surface area contributed by atoms with E-state index < -0.39 is 0 Å². The molecule has 7 nitrogen and oxygen atoms in total. The van der Waals surface area contributed by atoms with Crippen molar-refractivity contribution in [2.45, 2.75) is 31.5 Å². The van der Waals surface area contributed by atoms with Gasteiger partial charge in [0, 0.05) is 29.6 Å². The molecule has 4 aromatic rings. The number of nitrogens with one attached hydrogen (secondary N) is 2. The molecule has 0 amide bonds. The summed E-state index contributed by atoms with van der Waals surface area (Å²) in [4.78, 5) is 0. The summed E-state index contributed by atoms with van der Waals surface area (Å²) >= 11 is 0. The van der Waals surface area contributed by atoms with E-state index in [9.17, 15) is 0 Å². The molecule has 1 saturated heterocycles. The molecule has 0 saturated carbocycles. The van der Waals surface area contributed by atoms with Crippen LogP contribution in [0.2, 0.25) is 0 Å². The van der Waals surface area contributed by atoms with Gasteiger partial charge in [0.05, 0.1) is 12.0 Å². The maximum Gasteiger partial charge on any atom is 0.143 e. The van der Waals surface area contributed by atoms with Crippen molar-refractivity contribution in [2.75, 3.05) is 6.54 Å². The van der Waals surface area contributed by atoms with Crippen molar-refractivity contribution in [1.82, 2.24) is 30.8 Å². The fraction of sp³-hybridized carbons (Fsp3) is 0.286. The van der Waals surface area contributed by atoms with E-state index in [0.29, 0.717) is 12.1 Å². The summed E-state index contributed by atoms with van der Waals surface area (Å²) < 4.78 is 7.43. The van der Waals surface area contributed by atoms with Crippen molar-refractivity contribution < 1.29 is 4.42 Å². The molecule has 0 spiro atoms. The average Bonchev–Trinajstić information content (AvgIpc) is 3.44. The third-order valence-corrected chi connectivity index (χ3v) is 5.40. The Kier molecular flexibility index (Phi) is 7.44. The van der Waals surface area contributed by atoms with Crippen LogP contribution < -0.4 is 10.6 Å². The summed E-state index contributed by atoms with van der Waals surface area (Å²) in [7, 11) is 0. The van der Waals surface area contributed by atoms with Crippen LogP contribution in [0.25, 0.3) is 16.7 Å². The molecule has 2 aromatic heterocycles. The van der Waals surface area contributed by atoms with Gasteiger partial charge < -0.3 is 15.1 Å². The number of aromatic nitrogens is 4. The zero-order valence-corrected chi connectivity index (χ0v) is 17.9. The van der Waals surface area contributed by atoms with Crippen molar-refractivity contribution in [3.63, 3.8) is 0 Å². The first-order valence-electron chi connectivity index (χ1n) is 9.64. The smallest absolute Gasteiger partial charge is 0.143 e. The topological polar surface area (TPSA) is 80.8 Å². The largest absolute Gasteiger partial charge is 0.464 e. The lowest BCUT2D eigenvalue weighted by molar-refractivity contribution is 0.304. The van der Waals surface area contributed by atoms with Gasteiger partial charge in [-0.3, -0.25) is 0 Å². The number of hydrogen-bond acceptors (Lipinski definition) is 6. The van der Waals surface area contributed by atoms with Gasteiger partial charge in [-0.25, -0.2) is 4.68 Å². The summed E-state index contributed by atoms with van der Waals surface area (Å²) in [5.41, 5.74) is 4.26. The number of fused-ring (bicyclic) bond motifs is 1. The van der Waals surface area contributed by atoms with Gasteiger partial charge in [-0.05, 0) is 53.6 Å². The predicted octanol–water partition coefficient (Wildman–Crippen LogP) is 3.84. The molecule has 9 heteroatoms. The Labute approximate surface area is 187 Å². The summed E-state index contributed by atoms with van der Waals surface area (Å²) in [6.07, 6.45) is 5.64. The zero-order valence-electron chi connectivity index (χ0n) is 16.3. The first-order chi connectivity index (χ1) is 13.9. The van der Waals surface area contributed by atoms with Gasteiger partial charge in [0.1, 0.15) is 11.9 Å². The second-order valence-corrected chi connectivity index (χ2v) is 7.17. The van der Waals surface area contributed by atoms with Gasteiger partial charge in [0.25, 0.3) is 0 Å². The minimum absolute atomic E-state index is 0. The van der Waals surface area contributed by atoms with Crippen LogP contribution in [0.1, 0.15) is 30.0 Å². The SMILES string of the molecule is Cl.Cl.c1ccc([C@@H]2NCCC[C@@H]2NCc2cc(-n3cnnn3)cc3ccoc23)cc1. The van der Waals surface area contributed by atoms with Crippen molar-refractivity contribution >= 4 is 35.8 Å². The van der Waals surface area contributed by atoms with Crippen LogP contribution in [0.3, 0.4) is 0 Å². The molecule has 158 valence electrons. The van der Waals surface area contributed by atoms with Crippen LogP contribution in [0.15, 0.2) is 65.5 Å². The Bertz CT molecular complexity index is 1050. The minimum Gasteiger partial charge on any atom is -0.464 e. The molecule has 3 heterocycles. The molecule has 2 N–H and O–H groups in total. The van der Waals surface area contributed by atoms with E-state index in [1.165, 1.54) is 12.0 Å². The number of benzene rings is 2. The molecule has 0 bridgehead atoms. The first kappa shape index (κ1) is 22.2. The highest BCUT2D eigenvalue weighted by atomic mass is 35.5. The van der Waals surface area contributed by atoms with Crippen LogP contribution in [-0.4, -0.2) is 32.8 Å². The Morgan fingerprint density at radius 3 is 2.80 bits per heavy atom. The number of tetrazole rings is 1. The highest BCUT2D eigenvalue weighted by Gasteiger charge is 2.25. The van der Waals surface area contributed by atoms with Gasteiger partial charge >= 0.3 is 0 Å². The van der Waals surface area contributed by atoms with Gasteiger partial charge in [-0.1, -0.05) is 30.3 Å². The van der Waals surface area contributed by atoms with Crippen molar-refractivity contribution in [3.05, 3.63) is 72.2 Å². The van der Waals surface area contributed by atoms with Crippen molar-refractivity contribution in [1.29, 1.82) is 0 Å². The van der Waals surface area contributed by atoms with Crippen molar-refractivity contribution in [2.24, 2.45) is 0 Å². The van der Waals surface area contributed by atoms with E-state index in [4.69, 9.17) is 4.42 Å². The highest BCUT2D eigenvalue weighted by Crippen LogP contribution is 2.27. The van der Waals surface area contributed by atoms with E-state index in [2.05, 4.69) is 62.6 Å². The average molecular weight is 447 g/mol. The molecule has 2 atom stereocenters. The number of piperidine rings is 1. The number of nitrogens with zero attached hydrogens (tertiary/aromatic N) is 4. The quantitative estimate of drug-likeness (QED) is 0.484. The fourth-order valence-corrected chi connectivity index (χ4v) is 4.04. The Morgan fingerprint density at radius 1 is 1.13 bits per heavy atom. The highest BCUT2D eigenvalue weighted by molar-refractivity contribution is 5.85. The summed E-state index contributed by atoms with van der Waals surface area (Å²) in [6.45, 7) is 1.77. The molecule has 30 heavy (non-hydrogen) atoms. The second-order valence-electron chi connectivity index (χ2n) is 7.17. The van der Waals surface area contributed by atoms with Gasteiger partial charge in [0.2, 0.25) is 0 Å². The lowest BCUT2D eigenvalue weighted by atomic mass is 9.92. The van der Waals surface area contributed by atoms with Crippen molar-refractivity contribution in [3.8, 4) is 5.69 Å². The van der Waals surface area contributed by atoms with Gasteiger partial charge in [-0.15, -0.1) is 29.9 Å². The maximum atomic E-state index is 5.76. The normalized spacial score (nSPS) is 18.5. The molecule has 2 aromatic carbocycles. The van der Waals surface area contributed by atoms with Crippen LogP contribution in [-0.2, 0) is 6.54 Å². The Balaban J connectivity index is 0.00000128. The molecule has 1 fully saturated rings. The second kappa shape index (κ2) is 10.0. The Morgan fingerprint density at radius 2 is 2.00 bits per heavy atom. The standard InChI is InChI=1S/C21H22N6O.2ClH/c1-2-5-15(6-3-1)20-19(7-4-9-22-20)23-13-17-12-18(27-14-24-25-26-27)11-16-8-10-28-21(16)17;;/h1-3,5-6,8,10-12,14,19-20,22-23H,4,7,9,13H2;2*1H/t19-,20-;;/m0../s1. The number of halogens is 2. The maximum absolute atomic E-state index is 5.76. The zero-order chi connectivity index (χ0) is 18.8. The van der Waals surface area contributed by atoms with Gasteiger partial charge in [0.15, 0.2) is 0 Å². The third kappa shape index (κ3) is 4.49. The van der Waals surface area contributed by atoms with E-state index in [0.717, 1.165) is 41.7 Å². The molecular weight excluding hydrogens is 423 g/mol. The van der Waals surface area contributed by atoms with Crippen LogP contribution in [0.4, 0.5) is 0 Å². The minimum atomic E-state index is 0. The predicted molar refractivity (Wildman–Crippen MR) is 120 cm³/mol. The molecular formula is C21H24Cl2N6O. The summed E-state index contributed by atoms with van der Waals surface area (Å²) in [5, 5.41) is 20.0. The van der Waals surface area contributed by atoms with E-state index in [1.54, 1.807) is 17.3 Å². The molecule has 0 unspecified atom stereocenters. The number of furan rings is 1. The molecule has 1 aliphatic rings. The van der Waals surface area contributed by atoms with Crippen LogP contribution in [0, 0.1) is 0 Å². The third-order valence-electron chi connectivity index (χ3n) is 5.40. The lowest BCUT2D eigenvalue weighted by Crippen LogP contribution is -2.45. The summed E-state index contributed by atoms with van der Waals surface area (Å²) in [6, 6.07) is 17.4. The van der Waals surface area contributed by atoms with E-state index >= 15 is 0 Å². The van der Waals surface area contributed by atoms with Crippen LogP contribution in [0.5, 0.6) is 0 Å². The number of hydrogen-bond donors (Lipinski definition) is 2. The first-order valence-corrected chi connectivity index (χ1v) is 9.64. The Hall–Kier alpha value is -2.45. The molecule has 0 aliphatic carbocycles.